The number of carbonyl (C=O) groups excluding carboxylic acids is 1. The van der Waals surface area contributed by atoms with E-state index in [0.29, 0.717) is 0 Å². The summed E-state index contributed by atoms with van der Waals surface area (Å²) in [6, 6.07) is 3.91. The van der Waals surface area contributed by atoms with Crippen molar-refractivity contribution in [2.75, 3.05) is 29.9 Å². The van der Waals surface area contributed by atoms with Gasteiger partial charge in [-0.05, 0) is 19.1 Å². The molecule has 4 heteroatoms. The highest BCUT2D eigenvalue weighted by atomic mass is 16.2. The van der Waals surface area contributed by atoms with E-state index in [9.17, 15) is 4.79 Å². The molecule has 0 bridgehead atoms. The molecule has 0 fully saturated rings. The first-order valence-corrected chi connectivity index (χ1v) is 5.06. The quantitative estimate of drug-likeness (QED) is 0.638. The maximum Gasteiger partial charge on any atom is 0.224 e. The highest BCUT2D eigenvalue weighted by Crippen LogP contribution is 2.30. The van der Waals surface area contributed by atoms with Crippen LogP contribution in [-0.2, 0) is 4.79 Å². The van der Waals surface area contributed by atoms with Gasteiger partial charge in [0, 0.05) is 32.8 Å². The van der Waals surface area contributed by atoms with Crippen molar-refractivity contribution in [3.05, 3.63) is 17.8 Å². The van der Waals surface area contributed by atoms with E-state index in [1.807, 2.05) is 26.1 Å². The standard InChI is InChI=1S/C11H15N3O/c1-8-4-5-10-11(12-8)13(3)6-7-14(10)9(2)15/h4-5H,6-7H2,1-3H3. The summed E-state index contributed by atoms with van der Waals surface area (Å²) in [7, 11) is 2.00. The molecule has 1 aromatic rings. The van der Waals surface area contributed by atoms with Crippen molar-refractivity contribution < 1.29 is 4.79 Å². The second-order valence-electron chi connectivity index (χ2n) is 3.89. The van der Waals surface area contributed by atoms with Crippen LogP contribution in [0.25, 0.3) is 0 Å². The average Bonchev–Trinajstić information content (AvgIpc) is 2.19. The van der Waals surface area contributed by atoms with Gasteiger partial charge in [-0.3, -0.25) is 4.79 Å². The summed E-state index contributed by atoms with van der Waals surface area (Å²) >= 11 is 0. The molecule has 1 aliphatic rings. The predicted molar refractivity (Wildman–Crippen MR) is 60.3 cm³/mol. The van der Waals surface area contributed by atoms with Gasteiger partial charge in [-0.1, -0.05) is 0 Å². The predicted octanol–water partition coefficient (Wildman–Crippen LogP) is 1.19. The van der Waals surface area contributed by atoms with E-state index in [2.05, 4.69) is 9.88 Å². The van der Waals surface area contributed by atoms with Crippen molar-refractivity contribution >= 4 is 17.4 Å². The Kier molecular flexibility index (Phi) is 2.34. The van der Waals surface area contributed by atoms with Crippen molar-refractivity contribution in [2.45, 2.75) is 13.8 Å². The number of nitrogens with zero attached hydrogens (tertiary/aromatic N) is 3. The topological polar surface area (TPSA) is 36.4 Å². The van der Waals surface area contributed by atoms with Crippen molar-refractivity contribution in [3.63, 3.8) is 0 Å². The van der Waals surface area contributed by atoms with Gasteiger partial charge in [0.05, 0.1) is 5.69 Å². The molecule has 0 N–H and O–H groups in total. The second kappa shape index (κ2) is 3.53. The minimum atomic E-state index is 0.0787. The number of fused-ring (bicyclic) bond motifs is 1. The molecule has 1 aliphatic heterocycles. The van der Waals surface area contributed by atoms with Gasteiger partial charge in [-0.25, -0.2) is 4.98 Å². The fourth-order valence-electron chi connectivity index (χ4n) is 1.83. The van der Waals surface area contributed by atoms with Crippen LogP contribution in [0.1, 0.15) is 12.6 Å². The average molecular weight is 205 g/mol. The summed E-state index contributed by atoms with van der Waals surface area (Å²) in [5.74, 6) is 0.978. The lowest BCUT2D eigenvalue weighted by Crippen LogP contribution is -2.42. The lowest BCUT2D eigenvalue weighted by atomic mass is 10.2. The number of aryl methyl sites for hydroxylation is 1. The third-order valence-electron chi connectivity index (χ3n) is 2.69. The van der Waals surface area contributed by atoms with Gasteiger partial charge in [-0.15, -0.1) is 0 Å². The number of anilines is 2. The third kappa shape index (κ3) is 1.67. The van der Waals surface area contributed by atoms with E-state index in [0.717, 1.165) is 30.3 Å². The zero-order chi connectivity index (χ0) is 11.0. The van der Waals surface area contributed by atoms with Gasteiger partial charge in [0.25, 0.3) is 0 Å². The van der Waals surface area contributed by atoms with Crippen LogP contribution in [0.2, 0.25) is 0 Å². The Morgan fingerprint density at radius 3 is 2.80 bits per heavy atom. The minimum absolute atomic E-state index is 0.0787. The van der Waals surface area contributed by atoms with Crippen molar-refractivity contribution in [2.24, 2.45) is 0 Å². The van der Waals surface area contributed by atoms with Crippen LogP contribution in [-0.4, -0.2) is 31.0 Å². The van der Waals surface area contributed by atoms with Crippen molar-refractivity contribution in [1.29, 1.82) is 0 Å². The largest absolute Gasteiger partial charge is 0.356 e. The fourth-order valence-corrected chi connectivity index (χ4v) is 1.83. The molecule has 1 aromatic heterocycles. The molecular weight excluding hydrogens is 190 g/mol. The van der Waals surface area contributed by atoms with Crippen LogP contribution >= 0.6 is 0 Å². The molecule has 2 heterocycles. The third-order valence-corrected chi connectivity index (χ3v) is 2.69. The first-order valence-electron chi connectivity index (χ1n) is 5.06. The second-order valence-corrected chi connectivity index (χ2v) is 3.89. The smallest absolute Gasteiger partial charge is 0.224 e. The SMILES string of the molecule is CC(=O)N1CCN(C)c2nc(C)ccc21. The number of pyridine rings is 1. The number of carbonyl (C=O) groups is 1. The molecule has 0 saturated heterocycles. The van der Waals surface area contributed by atoms with Crippen LogP contribution in [0, 0.1) is 6.92 Å². The molecule has 15 heavy (non-hydrogen) atoms. The zero-order valence-electron chi connectivity index (χ0n) is 9.32. The van der Waals surface area contributed by atoms with Crippen LogP contribution in [0.4, 0.5) is 11.5 Å². The summed E-state index contributed by atoms with van der Waals surface area (Å²) in [4.78, 5) is 19.8. The first-order chi connectivity index (χ1) is 7.09. The Morgan fingerprint density at radius 2 is 2.13 bits per heavy atom. The molecule has 4 nitrogen and oxygen atoms in total. The lowest BCUT2D eigenvalue weighted by molar-refractivity contribution is -0.116. The molecule has 0 atom stereocenters. The molecule has 80 valence electrons. The Hall–Kier alpha value is -1.58. The molecule has 1 amide bonds. The maximum atomic E-state index is 11.4. The summed E-state index contributed by atoms with van der Waals surface area (Å²) in [5.41, 5.74) is 1.90. The van der Waals surface area contributed by atoms with E-state index in [-0.39, 0.29) is 5.91 Å². The number of rotatable bonds is 0. The Labute approximate surface area is 89.5 Å². The van der Waals surface area contributed by atoms with Crippen LogP contribution < -0.4 is 9.80 Å². The molecule has 0 saturated carbocycles. The highest BCUT2D eigenvalue weighted by molar-refractivity contribution is 5.95. The number of aromatic nitrogens is 1. The summed E-state index contributed by atoms with van der Waals surface area (Å²) in [6.07, 6.45) is 0. The number of amides is 1. The minimum Gasteiger partial charge on any atom is -0.356 e. The molecule has 0 unspecified atom stereocenters. The normalized spacial score (nSPS) is 15.1. The van der Waals surface area contributed by atoms with Gasteiger partial charge in [0.15, 0.2) is 5.82 Å². The van der Waals surface area contributed by atoms with E-state index in [1.165, 1.54) is 0 Å². The van der Waals surface area contributed by atoms with Gasteiger partial charge >= 0.3 is 0 Å². The van der Waals surface area contributed by atoms with Gasteiger partial charge in [-0.2, -0.15) is 0 Å². The van der Waals surface area contributed by atoms with E-state index >= 15 is 0 Å². The van der Waals surface area contributed by atoms with E-state index < -0.39 is 0 Å². The monoisotopic (exact) mass is 205 g/mol. The summed E-state index contributed by atoms with van der Waals surface area (Å²) < 4.78 is 0. The number of hydrogen-bond acceptors (Lipinski definition) is 3. The maximum absolute atomic E-state index is 11.4. The molecular formula is C11H15N3O. The van der Waals surface area contributed by atoms with E-state index in [4.69, 9.17) is 0 Å². The highest BCUT2D eigenvalue weighted by Gasteiger charge is 2.23. The number of likely N-dealkylation sites (N-methyl/N-ethyl adjacent to an activating group) is 1. The Balaban J connectivity index is 2.50. The molecule has 0 aromatic carbocycles. The van der Waals surface area contributed by atoms with Crippen molar-refractivity contribution in [1.82, 2.24) is 4.98 Å². The van der Waals surface area contributed by atoms with Crippen LogP contribution in [0.15, 0.2) is 12.1 Å². The van der Waals surface area contributed by atoms with Gasteiger partial charge < -0.3 is 9.80 Å². The van der Waals surface area contributed by atoms with E-state index in [1.54, 1.807) is 11.8 Å². The zero-order valence-corrected chi connectivity index (χ0v) is 9.32. The van der Waals surface area contributed by atoms with Crippen LogP contribution in [0.3, 0.4) is 0 Å². The molecule has 0 aliphatic carbocycles. The molecule has 2 rings (SSSR count). The fraction of sp³-hybridized carbons (Fsp3) is 0.455. The Morgan fingerprint density at radius 1 is 1.40 bits per heavy atom. The lowest BCUT2D eigenvalue weighted by Gasteiger charge is -2.34. The van der Waals surface area contributed by atoms with Crippen LogP contribution in [0.5, 0.6) is 0 Å². The molecule has 0 spiro atoms. The summed E-state index contributed by atoms with van der Waals surface area (Å²) in [5, 5.41) is 0. The van der Waals surface area contributed by atoms with Gasteiger partial charge in [0.1, 0.15) is 0 Å². The van der Waals surface area contributed by atoms with Gasteiger partial charge in [0.2, 0.25) is 5.91 Å². The number of hydrogen-bond donors (Lipinski definition) is 0. The van der Waals surface area contributed by atoms with Crippen molar-refractivity contribution in [3.8, 4) is 0 Å². The Bertz CT molecular complexity index is 403. The summed E-state index contributed by atoms with van der Waals surface area (Å²) in [6.45, 7) is 5.13. The molecule has 0 radical (unpaired) electrons. The first kappa shape index (κ1) is 9.96.